The Hall–Kier alpha value is -2.10. The maximum absolute atomic E-state index is 3.99. The lowest BCUT2D eigenvalue weighted by Gasteiger charge is -2.43. The molecule has 2 fully saturated rings. The van der Waals surface area contributed by atoms with Gasteiger partial charge in [0.05, 0.1) is 0 Å². The molecule has 0 amide bonds. The van der Waals surface area contributed by atoms with Gasteiger partial charge in [-0.1, -0.05) is 82.7 Å². The molecule has 37 heavy (non-hydrogen) atoms. The van der Waals surface area contributed by atoms with E-state index in [1.807, 2.05) is 6.08 Å². The third-order valence-electron chi connectivity index (χ3n) is 9.46. The molecule has 1 aromatic carbocycles. The second kappa shape index (κ2) is 13.1. The minimum atomic E-state index is 0.239. The Balaban J connectivity index is 1.24. The molecule has 3 nitrogen and oxygen atoms in total. The minimum Gasteiger partial charge on any atom is -0.361 e. The molecule has 0 spiro atoms. The molecule has 1 aliphatic heterocycles. The standard InChI is InChI=1S/C34H51N3/c1-6-13-32-30(25-35-33(32)7-2)24-34(4,5)27(3)26-36-20-22-37(23-21-36)31-18-11-16-29(17-12-19-31)28-14-9-8-10-15-28/h6-10,13-15,25,27,29,31,35H,2,11-12,16-24,26H2,1,3-5H3/b13-6-. The Morgan fingerprint density at radius 2 is 1.70 bits per heavy atom. The molecule has 2 aliphatic rings. The third-order valence-corrected chi connectivity index (χ3v) is 9.46. The van der Waals surface area contributed by atoms with Gasteiger partial charge in [0.25, 0.3) is 0 Å². The number of aromatic nitrogens is 1. The number of nitrogens with one attached hydrogen (secondary N) is 1. The zero-order chi connectivity index (χ0) is 26.3. The Morgan fingerprint density at radius 3 is 2.32 bits per heavy atom. The summed E-state index contributed by atoms with van der Waals surface area (Å²) >= 11 is 0. The molecule has 2 aromatic rings. The average Bonchev–Trinajstić information content (AvgIpc) is 3.26. The van der Waals surface area contributed by atoms with Crippen LogP contribution in [-0.2, 0) is 6.42 Å². The molecule has 0 radical (unpaired) electrons. The van der Waals surface area contributed by atoms with E-state index in [-0.39, 0.29) is 5.41 Å². The van der Waals surface area contributed by atoms with Crippen LogP contribution < -0.4 is 0 Å². The lowest BCUT2D eigenvalue weighted by Crippen LogP contribution is -2.52. The van der Waals surface area contributed by atoms with Crippen LogP contribution in [0.1, 0.15) is 94.5 Å². The molecule has 1 atom stereocenters. The molecule has 1 unspecified atom stereocenters. The van der Waals surface area contributed by atoms with Crippen LogP contribution in [0.25, 0.3) is 12.2 Å². The van der Waals surface area contributed by atoms with Crippen molar-refractivity contribution in [1.29, 1.82) is 0 Å². The lowest BCUT2D eigenvalue weighted by molar-refractivity contribution is 0.0601. The summed E-state index contributed by atoms with van der Waals surface area (Å²) in [6.45, 7) is 19.6. The van der Waals surface area contributed by atoms with Crippen molar-refractivity contribution in [1.82, 2.24) is 14.8 Å². The van der Waals surface area contributed by atoms with Crippen LogP contribution in [0.15, 0.2) is 49.2 Å². The summed E-state index contributed by atoms with van der Waals surface area (Å²) in [5.41, 5.74) is 5.65. The predicted molar refractivity (Wildman–Crippen MR) is 161 cm³/mol. The zero-order valence-corrected chi connectivity index (χ0v) is 24.0. The molecule has 1 aliphatic carbocycles. The van der Waals surface area contributed by atoms with Gasteiger partial charge in [0.1, 0.15) is 0 Å². The first-order chi connectivity index (χ1) is 17.9. The van der Waals surface area contributed by atoms with Gasteiger partial charge in [-0.05, 0) is 73.5 Å². The van der Waals surface area contributed by atoms with Crippen molar-refractivity contribution in [2.24, 2.45) is 11.3 Å². The van der Waals surface area contributed by atoms with Crippen molar-refractivity contribution in [2.75, 3.05) is 32.7 Å². The van der Waals surface area contributed by atoms with E-state index in [1.54, 1.807) is 5.56 Å². The van der Waals surface area contributed by atoms with E-state index in [0.29, 0.717) is 5.92 Å². The van der Waals surface area contributed by atoms with Crippen molar-refractivity contribution in [3.63, 3.8) is 0 Å². The first kappa shape index (κ1) is 27.9. The van der Waals surface area contributed by atoms with E-state index < -0.39 is 0 Å². The van der Waals surface area contributed by atoms with E-state index in [2.05, 4.69) is 97.7 Å². The largest absolute Gasteiger partial charge is 0.361 e. The SMILES string of the molecule is C=Cc1[nH]cc(CC(C)(C)C(C)CN2CCN(C3CCCC(c4ccccc4)CCC3)CC2)c1/C=C\C. The summed E-state index contributed by atoms with van der Waals surface area (Å²) in [4.78, 5) is 8.98. The molecule has 1 aromatic heterocycles. The average molecular weight is 502 g/mol. The van der Waals surface area contributed by atoms with Crippen molar-refractivity contribution < 1.29 is 0 Å². The highest BCUT2D eigenvalue weighted by Gasteiger charge is 2.31. The Bertz CT molecular complexity index is 983. The van der Waals surface area contributed by atoms with Crippen molar-refractivity contribution in [3.8, 4) is 0 Å². The number of aromatic amines is 1. The minimum absolute atomic E-state index is 0.239. The summed E-state index contributed by atoms with van der Waals surface area (Å²) in [5, 5.41) is 0. The number of allylic oxidation sites excluding steroid dienone is 1. The van der Waals surface area contributed by atoms with Crippen LogP contribution in [0.2, 0.25) is 0 Å². The molecule has 1 N–H and O–H groups in total. The number of hydrogen-bond acceptors (Lipinski definition) is 2. The van der Waals surface area contributed by atoms with Crippen LogP contribution in [0.3, 0.4) is 0 Å². The van der Waals surface area contributed by atoms with Crippen LogP contribution in [0, 0.1) is 11.3 Å². The molecular formula is C34H51N3. The fourth-order valence-corrected chi connectivity index (χ4v) is 6.69. The van der Waals surface area contributed by atoms with Crippen molar-refractivity contribution in [2.45, 2.75) is 84.6 Å². The predicted octanol–water partition coefficient (Wildman–Crippen LogP) is 8.02. The summed E-state index contributed by atoms with van der Waals surface area (Å²) in [6, 6.07) is 12.0. The zero-order valence-electron chi connectivity index (χ0n) is 24.0. The molecule has 2 heterocycles. The third kappa shape index (κ3) is 7.27. The highest BCUT2D eigenvalue weighted by atomic mass is 15.3. The topological polar surface area (TPSA) is 22.3 Å². The quantitative estimate of drug-likeness (QED) is 0.376. The van der Waals surface area contributed by atoms with Gasteiger partial charge in [0.2, 0.25) is 0 Å². The number of piperazine rings is 1. The smallest absolute Gasteiger partial charge is 0.0450 e. The lowest BCUT2D eigenvalue weighted by atomic mass is 9.74. The van der Waals surface area contributed by atoms with E-state index in [4.69, 9.17) is 0 Å². The summed E-state index contributed by atoms with van der Waals surface area (Å²) < 4.78 is 0. The van der Waals surface area contributed by atoms with Crippen LogP contribution in [-0.4, -0.2) is 53.5 Å². The molecule has 1 saturated heterocycles. The van der Waals surface area contributed by atoms with E-state index in [0.717, 1.165) is 24.1 Å². The molecule has 4 rings (SSSR count). The van der Waals surface area contributed by atoms with Gasteiger partial charge in [0, 0.05) is 56.2 Å². The fraction of sp³-hybridized carbons (Fsp3) is 0.588. The second-order valence-electron chi connectivity index (χ2n) is 12.4. The summed E-state index contributed by atoms with van der Waals surface area (Å²) in [7, 11) is 0. The number of benzene rings is 1. The van der Waals surface area contributed by atoms with Crippen LogP contribution >= 0.6 is 0 Å². The normalized spacial score (nSPS) is 23.6. The van der Waals surface area contributed by atoms with Gasteiger partial charge in [-0.2, -0.15) is 0 Å². The summed E-state index contributed by atoms with van der Waals surface area (Å²) in [6.07, 6.45) is 17.8. The van der Waals surface area contributed by atoms with Gasteiger partial charge < -0.3 is 9.88 Å². The second-order valence-corrected chi connectivity index (χ2v) is 12.4. The highest BCUT2D eigenvalue weighted by Crippen LogP contribution is 2.35. The van der Waals surface area contributed by atoms with Crippen LogP contribution in [0.5, 0.6) is 0 Å². The number of hydrogen-bond donors (Lipinski definition) is 1. The fourth-order valence-electron chi connectivity index (χ4n) is 6.69. The van der Waals surface area contributed by atoms with Gasteiger partial charge in [-0.3, -0.25) is 4.90 Å². The molecule has 1 saturated carbocycles. The van der Waals surface area contributed by atoms with Gasteiger partial charge in [0.15, 0.2) is 0 Å². The first-order valence-electron chi connectivity index (χ1n) is 14.9. The highest BCUT2D eigenvalue weighted by molar-refractivity contribution is 5.65. The monoisotopic (exact) mass is 501 g/mol. The van der Waals surface area contributed by atoms with Gasteiger partial charge >= 0.3 is 0 Å². The number of H-pyrrole nitrogens is 1. The van der Waals surface area contributed by atoms with Crippen molar-refractivity contribution in [3.05, 3.63) is 71.6 Å². The maximum Gasteiger partial charge on any atom is 0.0450 e. The maximum atomic E-state index is 3.99. The number of rotatable bonds is 9. The van der Waals surface area contributed by atoms with Crippen molar-refractivity contribution >= 4 is 12.2 Å². The first-order valence-corrected chi connectivity index (χ1v) is 14.9. The number of nitrogens with zero attached hydrogens (tertiary/aromatic N) is 2. The van der Waals surface area contributed by atoms with Gasteiger partial charge in [-0.25, -0.2) is 0 Å². The van der Waals surface area contributed by atoms with Gasteiger partial charge in [-0.15, -0.1) is 0 Å². The molecule has 202 valence electrons. The Kier molecular flexibility index (Phi) is 9.90. The molecular weight excluding hydrogens is 450 g/mol. The van der Waals surface area contributed by atoms with E-state index in [1.165, 1.54) is 82.4 Å². The van der Waals surface area contributed by atoms with E-state index >= 15 is 0 Å². The Labute approximate surface area is 227 Å². The molecule has 0 bridgehead atoms. The van der Waals surface area contributed by atoms with E-state index in [9.17, 15) is 0 Å². The summed E-state index contributed by atoms with van der Waals surface area (Å²) in [5.74, 6) is 1.41. The molecule has 3 heteroatoms. The Morgan fingerprint density at radius 1 is 1.03 bits per heavy atom. The van der Waals surface area contributed by atoms with Crippen LogP contribution in [0.4, 0.5) is 0 Å².